The van der Waals surface area contributed by atoms with Gasteiger partial charge in [-0.3, -0.25) is 15.0 Å². The Bertz CT molecular complexity index is 286. The number of carboxylic acid groups (broad SMARTS) is 1. The van der Waals surface area contributed by atoms with E-state index in [4.69, 9.17) is 14.6 Å². The van der Waals surface area contributed by atoms with Crippen LogP contribution in [0.1, 0.15) is 6.42 Å². The molecule has 1 amide bonds. The van der Waals surface area contributed by atoms with Gasteiger partial charge in [-0.05, 0) is 0 Å². The highest BCUT2D eigenvalue weighted by atomic mass is 19.4. The van der Waals surface area contributed by atoms with E-state index in [1.165, 1.54) is 5.43 Å². The van der Waals surface area contributed by atoms with Crippen LogP contribution in [-0.2, 0) is 19.1 Å². The monoisotopic (exact) mass is 288 g/mol. The van der Waals surface area contributed by atoms with Crippen LogP contribution in [-0.4, -0.2) is 56.1 Å². The van der Waals surface area contributed by atoms with Gasteiger partial charge in [-0.15, -0.1) is 0 Å². The van der Waals surface area contributed by atoms with Crippen LogP contribution in [0, 0.1) is 0 Å². The molecule has 10 heteroatoms. The summed E-state index contributed by atoms with van der Waals surface area (Å²) in [6, 6.07) is 0. The number of carbonyl (C=O) groups excluding carboxylic acids is 1. The number of carboxylic acids is 1. The number of amides is 1. The van der Waals surface area contributed by atoms with Crippen LogP contribution in [0.25, 0.3) is 0 Å². The molecule has 0 rings (SSSR count). The number of carbonyl (C=O) groups is 2. The van der Waals surface area contributed by atoms with Crippen LogP contribution < -0.4 is 10.9 Å². The molecule has 0 aromatic carbocycles. The van der Waals surface area contributed by atoms with Gasteiger partial charge in [0.1, 0.15) is 0 Å². The Morgan fingerprint density at radius 3 is 2.16 bits per heavy atom. The van der Waals surface area contributed by atoms with Crippen molar-refractivity contribution in [3.63, 3.8) is 0 Å². The zero-order valence-corrected chi connectivity index (χ0v) is 9.96. The van der Waals surface area contributed by atoms with Crippen LogP contribution in [0.3, 0.4) is 0 Å². The number of aliphatic carboxylic acids is 1. The maximum Gasteiger partial charge on any atom is 0.472 e. The molecule has 0 saturated heterocycles. The summed E-state index contributed by atoms with van der Waals surface area (Å²) in [6.07, 6.45) is -5.03. The largest absolute Gasteiger partial charge is 0.481 e. The van der Waals surface area contributed by atoms with Gasteiger partial charge in [-0.2, -0.15) is 13.2 Å². The zero-order chi connectivity index (χ0) is 14.7. The number of nitrogens with one attached hydrogen (secondary N) is 2. The molecular formula is C9H15F3N2O5. The molecule has 0 radical (unpaired) electrons. The molecule has 0 aliphatic heterocycles. The summed E-state index contributed by atoms with van der Waals surface area (Å²) in [4.78, 5) is 20.4. The molecule has 112 valence electrons. The van der Waals surface area contributed by atoms with E-state index in [-0.39, 0.29) is 39.4 Å². The van der Waals surface area contributed by atoms with E-state index in [0.717, 1.165) is 0 Å². The summed E-state index contributed by atoms with van der Waals surface area (Å²) < 4.78 is 45.0. The van der Waals surface area contributed by atoms with E-state index in [1.807, 2.05) is 5.43 Å². The van der Waals surface area contributed by atoms with Crippen LogP contribution in [0.15, 0.2) is 0 Å². The molecule has 19 heavy (non-hydrogen) atoms. The molecule has 7 nitrogen and oxygen atoms in total. The molecular weight excluding hydrogens is 273 g/mol. The topological polar surface area (TPSA) is 96.9 Å². The van der Waals surface area contributed by atoms with Crippen molar-refractivity contribution in [3.05, 3.63) is 0 Å². The Hall–Kier alpha value is -1.39. The molecule has 0 heterocycles. The van der Waals surface area contributed by atoms with Gasteiger partial charge in [0.05, 0.1) is 32.8 Å². The van der Waals surface area contributed by atoms with Gasteiger partial charge >= 0.3 is 18.1 Å². The second-order valence-electron chi connectivity index (χ2n) is 3.25. The Balaban J connectivity index is 3.24. The number of alkyl halides is 3. The number of ether oxygens (including phenoxy) is 2. The zero-order valence-electron chi connectivity index (χ0n) is 9.96. The minimum atomic E-state index is -4.92. The smallest absolute Gasteiger partial charge is 0.472 e. The van der Waals surface area contributed by atoms with Crippen molar-refractivity contribution in [1.82, 2.24) is 10.9 Å². The van der Waals surface area contributed by atoms with Crippen molar-refractivity contribution in [2.45, 2.75) is 12.6 Å². The quantitative estimate of drug-likeness (QED) is 0.376. The van der Waals surface area contributed by atoms with Gasteiger partial charge < -0.3 is 14.6 Å². The molecule has 0 fully saturated rings. The predicted octanol–water partition coefficient (Wildman–Crippen LogP) is -0.323. The molecule has 3 N–H and O–H groups in total. The predicted molar refractivity (Wildman–Crippen MR) is 56.1 cm³/mol. The third kappa shape index (κ3) is 11.4. The Morgan fingerprint density at radius 2 is 1.63 bits per heavy atom. The number of rotatable bonds is 10. The van der Waals surface area contributed by atoms with Crippen LogP contribution in [0.4, 0.5) is 13.2 Å². The van der Waals surface area contributed by atoms with Crippen molar-refractivity contribution in [2.24, 2.45) is 0 Å². The van der Waals surface area contributed by atoms with E-state index in [2.05, 4.69) is 0 Å². The highest BCUT2D eigenvalue weighted by Gasteiger charge is 2.38. The summed E-state index contributed by atoms with van der Waals surface area (Å²) in [5, 5.41) is 8.28. The summed E-state index contributed by atoms with van der Waals surface area (Å²) in [5.74, 6) is -3.05. The van der Waals surface area contributed by atoms with Crippen LogP contribution >= 0.6 is 0 Å². The standard InChI is InChI=1S/C9H15F3N2O5/c10-9(11,12)8(17)14-13-2-4-19-6-5-18-3-1-7(15)16/h13H,1-6H2,(H,14,17)(H,15,16). The van der Waals surface area contributed by atoms with Crippen molar-refractivity contribution in [3.8, 4) is 0 Å². The summed E-state index contributed by atoms with van der Waals surface area (Å²) in [5.41, 5.74) is 3.50. The molecule has 0 spiro atoms. The van der Waals surface area contributed by atoms with E-state index in [9.17, 15) is 22.8 Å². The summed E-state index contributed by atoms with van der Waals surface area (Å²) in [6.45, 7) is 0.493. The van der Waals surface area contributed by atoms with Gasteiger partial charge in [0, 0.05) is 6.54 Å². The third-order valence-corrected chi connectivity index (χ3v) is 1.66. The van der Waals surface area contributed by atoms with Gasteiger partial charge in [0.15, 0.2) is 0 Å². The second kappa shape index (κ2) is 9.53. The Labute approximate surface area is 107 Å². The Kier molecular flexibility index (Phi) is 8.83. The molecule has 0 aliphatic rings. The first-order chi connectivity index (χ1) is 8.84. The minimum absolute atomic E-state index is 0.00303. The Morgan fingerprint density at radius 1 is 1.05 bits per heavy atom. The number of halogens is 3. The first-order valence-electron chi connectivity index (χ1n) is 5.31. The molecule has 0 unspecified atom stereocenters. The normalized spacial score (nSPS) is 11.3. The van der Waals surface area contributed by atoms with Gasteiger partial charge in [0.2, 0.25) is 0 Å². The fourth-order valence-electron chi connectivity index (χ4n) is 0.818. The molecule has 0 atom stereocenters. The van der Waals surface area contributed by atoms with Crippen molar-refractivity contribution >= 4 is 11.9 Å². The lowest BCUT2D eigenvalue weighted by Gasteiger charge is -2.09. The third-order valence-electron chi connectivity index (χ3n) is 1.66. The molecule has 0 bridgehead atoms. The average Bonchev–Trinajstić information content (AvgIpc) is 2.29. The van der Waals surface area contributed by atoms with Gasteiger partial charge in [-0.1, -0.05) is 0 Å². The highest BCUT2D eigenvalue weighted by molar-refractivity contribution is 5.81. The minimum Gasteiger partial charge on any atom is -0.481 e. The van der Waals surface area contributed by atoms with Gasteiger partial charge in [-0.25, -0.2) is 5.43 Å². The lowest BCUT2D eigenvalue weighted by molar-refractivity contribution is -0.174. The van der Waals surface area contributed by atoms with E-state index >= 15 is 0 Å². The molecule has 0 aromatic heterocycles. The number of hydrazine groups is 1. The second-order valence-corrected chi connectivity index (χ2v) is 3.25. The first-order valence-corrected chi connectivity index (χ1v) is 5.31. The summed E-state index contributed by atoms with van der Waals surface area (Å²) >= 11 is 0. The van der Waals surface area contributed by atoms with Gasteiger partial charge in [0.25, 0.3) is 0 Å². The fraction of sp³-hybridized carbons (Fsp3) is 0.778. The van der Waals surface area contributed by atoms with E-state index < -0.39 is 18.1 Å². The molecule has 0 aliphatic carbocycles. The molecule has 0 saturated carbocycles. The van der Waals surface area contributed by atoms with Crippen LogP contribution in [0.2, 0.25) is 0 Å². The maximum atomic E-state index is 11.7. The number of hydrogen-bond acceptors (Lipinski definition) is 5. The van der Waals surface area contributed by atoms with Crippen LogP contribution in [0.5, 0.6) is 0 Å². The molecule has 0 aromatic rings. The first kappa shape index (κ1) is 17.6. The maximum absolute atomic E-state index is 11.7. The van der Waals surface area contributed by atoms with E-state index in [0.29, 0.717) is 0 Å². The summed E-state index contributed by atoms with van der Waals surface area (Å²) in [7, 11) is 0. The van der Waals surface area contributed by atoms with Crippen molar-refractivity contribution in [1.29, 1.82) is 0 Å². The lowest BCUT2D eigenvalue weighted by atomic mass is 10.5. The average molecular weight is 288 g/mol. The highest BCUT2D eigenvalue weighted by Crippen LogP contribution is 2.13. The lowest BCUT2D eigenvalue weighted by Crippen LogP contribution is -2.46. The van der Waals surface area contributed by atoms with Crippen molar-refractivity contribution < 1.29 is 37.3 Å². The number of hydrogen-bond donors (Lipinski definition) is 3. The fourth-order valence-corrected chi connectivity index (χ4v) is 0.818. The van der Waals surface area contributed by atoms with E-state index in [1.54, 1.807) is 0 Å². The van der Waals surface area contributed by atoms with Crippen molar-refractivity contribution in [2.75, 3.05) is 33.0 Å². The SMILES string of the molecule is O=C(O)CCOCCOCCNNC(=O)C(F)(F)F.